The summed E-state index contributed by atoms with van der Waals surface area (Å²) in [7, 11) is 2.67. The average molecular weight is 520 g/mol. The number of carbonyl (C=O) groups is 4. The van der Waals surface area contributed by atoms with Crippen molar-refractivity contribution in [3.63, 3.8) is 0 Å². The van der Waals surface area contributed by atoms with Gasteiger partial charge in [0.2, 0.25) is 5.91 Å². The zero-order valence-corrected chi connectivity index (χ0v) is 20.3. The minimum Gasteiger partial charge on any atom is -0.427 e. The van der Waals surface area contributed by atoms with Crippen molar-refractivity contribution in [2.45, 2.75) is 25.7 Å². The molecule has 1 heterocycles. The van der Waals surface area contributed by atoms with E-state index in [2.05, 4.69) is 0 Å². The fraction of sp³-hybridized carbons (Fsp3) is 0.304. The van der Waals surface area contributed by atoms with Crippen molar-refractivity contribution >= 4 is 46.7 Å². The minimum atomic E-state index is -1.24. The van der Waals surface area contributed by atoms with Crippen LogP contribution in [0.1, 0.15) is 23.7 Å². The Morgan fingerprint density at radius 2 is 1.81 bits per heavy atom. The zero-order valence-electron chi connectivity index (χ0n) is 19.5. The smallest absolute Gasteiger partial charge is 0.308 e. The molecular formula is C23H22ClN3O9. The van der Waals surface area contributed by atoms with Gasteiger partial charge in [-0.15, -0.1) is 0 Å². The lowest BCUT2D eigenvalue weighted by molar-refractivity contribution is -0.384. The van der Waals surface area contributed by atoms with Crippen LogP contribution in [0, 0.1) is 10.1 Å². The van der Waals surface area contributed by atoms with Crippen molar-refractivity contribution in [3.8, 4) is 5.75 Å². The third kappa shape index (κ3) is 5.67. The number of rotatable bonds is 9. The van der Waals surface area contributed by atoms with E-state index in [-0.39, 0.29) is 35.0 Å². The topological polar surface area (TPSA) is 146 Å². The highest BCUT2D eigenvalue weighted by molar-refractivity contribution is 6.32. The summed E-state index contributed by atoms with van der Waals surface area (Å²) in [6, 6.07) is 7.95. The molecule has 0 bridgehead atoms. The second-order valence-electron chi connectivity index (χ2n) is 7.66. The summed E-state index contributed by atoms with van der Waals surface area (Å²) in [6.45, 7) is 0.991. The molecule has 12 nitrogen and oxygen atoms in total. The van der Waals surface area contributed by atoms with E-state index in [1.54, 1.807) is 0 Å². The quantitative estimate of drug-likeness (QED) is 0.122. The zero-order chi connectivity index (χ0) is 26.6. The molecular weight excluding hydrogens is 498 g/mol. The largest absolute Gasteiger partial charge is 0.427 e. The predicted molar refractivity (Wildman–Crippen MR) is 126 cm³/mol. The lowest BCUT2D eigenvalue weighted by atomic mass is 10.1. The van der Waals surface area contributed by atoms with Crippen LogP contribution >= 0.6 is 11.6 Å². The molecule has 1 atom stereocenters. The molecule has 190 valence electrons. The molecule has 0 radical (unpaired) electrons. The van der Waals surface area contributed by atoms with Crippen molar-refractivity contribution in [3.05, 3.63) is 63.2 Å². The Balaban J connectivity index is 1.95. The normalized spacial score (nSPS) is 15.4. The minimum absolute atomic E-state index is 0.110. The van der Waals surface area contributed by atoms with Crippen LogP contribution in [0.15, 0.2) is 42.5 Å². The highest BCUT2D eigenvalue weighted by atomic mass is 35.5. The van der Waals surface area contributed by atoms with E-state index in [0.717, 1.165) is 15.9 Å². The molecule has 1 aliphatic heterocycles. The monoisotopic (exact) mass is 519 g/mol. The number of esters is 1. The van der Waals surface area contributed by atoms with Crippen LogP contribution in [0.2, 0.25) is 5.02 Å². The van der Waals surface area contributed by atoms with Crippen molar-refractivity contribution < 1.29 is 38.3 Å². The van der Waals surface area contributed by atoms with Crippen molar-refractivity contribution in [2.75, 3.05) is 25.7 Å². The number of hydrogen-bond donors (Lipinski definition) is 0. The van der Waals surface area contributed by atoms with Gasteiger partial charge in [0.1, 0.15) is 16.8 Å². The summed E-state index contributed by atoms with van der Waals surface area (Å²) in [5.74, 6) is -2.32. The maximum atomic E-state index is 13.4. The Morgan fingerprint density at radius 1 is 1.17 bits per heavy atom. The third-order valence-electron chi connectivity index (χ3n) is 5.38. The highest BCUT2D eigenvalue weighted by Gasteiger charge is 2.45. The molecule has 0 saturated carbocycles. The number of anilines is 1. The summed E-state index contributed by atoms with van der Waals surface area (Å²) in [4.78, 5) is 63.3. The Labute approximate surface area is 210 Å². The molecule has 0 aliphatic carbocycles. The number of methoxy groups -OCH3 is 2. The first kappa shape index (κ1) is 26.7. The van der Waals surface area contributed by atoms with E-state index in [0.29, 0.717) is 0 Å². The molecule has 1 saturated heterocycles. The van der Waals surface area contributed by atoms with E-state index >= 15 is 0 Å². The summed E-state index contributed by atoms with van der Waals surface area (Å²) < 4.78 is 15.3. The fourth-order valence-electron chi connectivity index (χ4n) is 3.67. The lowest BCUT2D eigenvalue weighted by Gasteiger charge is -2.30. The van der Waals surface area contributed by atoms with Gasteiger partial charge in [0.05, 0.1) is 23.6 Å². The summed E-state index contributed by atoms with van der Waals surface area (Å²) >= 11 is 5.86. The molecule has 0 aromatic heterocycles. The van der Waals surface area contributed by atoms with Gasteiger partial charge >= 0.3 is 5.97 Å². The van der Waals surface area contributed by atoms with E-state index in [1.165, 1.54) is 57.5 Å². The van der Waals surface area contributed by atoms with Crippen LogP contribution in [0.4, 0.5) is 11.4 Å². The highest BCUT2D eigenvalue weighted by Crippen LogP contribution is 2.30. The van der Waals surface area contributed by atoms with Gasteiger partial charge in [-0.1, -0.05) is 11.6 Å². The van der Waals surface area contributed by atoms with Gasteiger partial charge in [0, 0.05) is 32.8 Å². The number of benzene rings is 2. The summed E-state index contributed by atoms with van der Waals surface area (Å²) in [5, 5.41) is 11.1. The number of ether oxygens (including phenoxy) is 3. The summed E-state index contributed by atoms with van der Waals surface area (Å²) in [5.41, 5.74) is -0.379. The number of carbonyl (C=O) groups excluding carboxylic acids is 4. The van der Waals surface area contributed by atoms with E-state index in [9.17, 15) is 29.3 Å². The molecule has 1 unspecified atom stereocenters. The van der Waals surface area contributed by atoms with Crippen LogP contribution < -0.4 is 9.64 Å². The van der Waals surface area contributed by atoms with Gasteiger partial charge in [0.25, 0.3) is 17.5 Å². The number of halogens is 1. The Kier molecular flexibility index (Phi) is 8.35. The van der Waals surface area contributed by atoms with E-state index < -0.39 is 46.6 Å². The molecule has 3 amide bonds. The Morgan fingerprint density at radius 3 is 2.36 bits per heavy atom. The second kappa shape index (κ2) is 11.2. The van der Waals surface area contributed by atoms with Crippen LogP contribution in [-0.2, 0) is 23.9 Å². The van der Waals surface area contributed by atoms with E-state index in [4.69, 9.17) is 25.8 Å². The van der Waals surface area contributed by atoms with Crippen molar-refractivity contribution in [1.29, 1.82) is 0 Å². The Bertz CT molecular complexity index is 1200. The first-order valence-electron chi connectivity index (χ1n) is 10.5. The molecule has 2 aromatic carbocycles. The SMILES string of the molecule is COC(CN(C(=O)c1ccc(Cl)c([N+](=O)[O-])c1)C1CC(=O)N(c2ccc(OC(C)=O)cc2)C1=O)OC. The van der Waals surface area contributed by atoms with Gasteiger partial charge in [-0.3, -0.25) is 29.3 Å². The average Bonchev–Trinajstić information content (AvgIpc) is 3.13. The molecule has 36 heavy (non-hydrogen) atoms. The predicted octanol–water partition coefficient (Wildman–Crippen LogP) is 2.57. The fourth-order valence-corrected chi connectivity index (χ4v) is 3.86. The number of nitro benzene ring substituents is 1. The Hall–Kier alpha value is -3.87. The van der Waals surface area contributed by atoms with Crippen molar-refractivity contribution in [1.82, 2.24) is 4.90 Å². The number of nitrogens with zero attached hydrogens (tertiary/aromatic N) is 3. The van der Waals surface area contributed by atoms with Gasteiger partial charge in [-0.05, 0) is 36.4 Å². The molecule has 1 aliphatic rings. The standard InChI is InChI=1S/C23H22ClN3O9/c1-13(28)36-16-7-5-15(6-8-16)26-20(29)11-19(23(26)31)25(12-21(34-2)35-3)22(30)14-4-9-17(24)18(10-14)27(32)33/h4-10,19,21H,11-12H2,1-3H3. The molecule has 13 heteroatoms. The number of hydrogen-bond acceptors (Lipinski definition) is 9. The first-order valence-corrected chi connectivity index (χ1v) is 10.9. The van der Waals surface area contributed by atoms with Crippen LogP contribution in [0.25, 0.3) is 0 Å². The second-order valence-corrected chi connectivity index (χ2v) is 8.06. The number of imide groups is 1. The van der Waals surface area contributed by atoms with Gasteiger partial charge < -0.3 is 19.1 Å². The van der Waals surface area contributed by atoms with Crippen LogP contribution in [0.5, 0.6) is 5.75 Å². The summed E-state index contributed by atoms with van der Waals surface area (Å²) in [6.07, 6.45) is -1.29. The van der Waals surface area contributed by atoms with Crippen LogP contribution in [0.3, 0.4) is 0 Å². The third-order valence-corrected chi connectivity index (χ3v) is 5.70. The van der Waals surface area contributed by atoms with E-state index in [1.807, 2.05) is 0 Å². The van der Waals surface area contributed by atoms with Gasteiger partial charge in [-0.2, -0.15) is 0 Å². The lowest BCUT2D eigenvalue weighted by Crippen LogP contribution is -2.49. The molecule has 2 aromatic rings. The molecule has 3 rings (SSSR count). The van der Waals surface area contributed by atoms with Crippen molar-refractivity contribution in [2.24, 2.45) is 0 Å². The molecule has 1 fully saturated rings. The molecule has 0 spiro atoms. The molecule has 0 N–H and O–H groups in total. The number of nitro groups is 1. The maximum Gasteiger partial charge on any atom is 0.308 e. The van der Waals surface area contributed by atoms with Crippen LogP contribution in [-0.4, -0.2) is 66.6 Å². The van der Waals surface area contributed by atoms with Gasteiger partial charge in [-0.25, -0.2) is 4.90 Å². The number of amides is 3. The maximum absolute atomic E-state index is 13.4. The first-order chi connectivity index (χ1) is 17.1. The van der Waals surface area contributed by atoms with Gasteiger partial charge in [0.15, 0.2) is 6.29 Å².